The fraction of sp³-hybridized carbons (Fsp3) is 0.323. The van der Waals surface area contributed by atoms with Gasteiger partial charge in [0.25, 0.3) is 0 Å². The monoisotopic (exact) mass is 497 g/mol. The van der Waals surface area contributed by atoms with E-state index in [0.717, 1.165) is 40.6 Å². The summed E-state index contributed by atoms with van der Waals surface area (Å²) >= 11 is 0. The highest BCUT2D eigenvalue weighted by atomic mass is 16.5. The molecule has 1 aliphatic rings. The lowest BCUT2D eigenvalue weighted by Gasteiger charge is -2.25. The zero-order valence-electron chi connectivity index (χ0n) is 21.6. The van der Waals surface area contributed by atoms with Gasteiger partial charge in [0.05, 0.1) is 30.2 Å². The molecule has 0 spiro atoms. The fourth-order valence-electron chi connectivity index (χ4n) is 4.67. The number of para-hydroxylation sites is 1. The van der Waals surface area contributed by atoms with E-state index in [0.29, 0.717) is 31.3 Å². The average Bonchev–Trinajstić information content (AvgIpc) is 3.69. The minimum Gasteiger partial charge on any atom is -0.497 e. The van der Waals surface area contributed by atoms with Crippen LogP contribution in [0.1, 0.15) is 29.7 Å². The minimum absolute atomic E-state index is 0.448. The van der Waals surface area contributed by atoms with Gasteiger partial charge in [0.2, 0.25) is 5.88 Å². The Balaban J connectivity index is 1.43. The van der Waals surface area contributed by atoms with Crippen LogP contribution >= 0.6 is 0 Å². The van der Waals surface area contributed by atoms with Gasteiger partial charge in [-0.1, -0.05) is 48.5 Å². The van der Waals surface area contributed by atoms with Crippen LogP contribution in [0, 0.1) is 12.8 Å². The third-order valence-corrected chi connectivity index (χ3v) is 6.79. The second-order valence-corrected chi connectivity index (χ2v) is 9.88. The van der Waals surface area contributed by atoms with Crippen LogP contribution in [0.2, 0.25) is 0 Å². The van der Waals surface area contributed by atoms with Gasteiger partial charge in [-0.2, -0.15) is 5.10 Å². The van der Waals surface area contributed by atoms with E-state index in [1.807, 2.05) is 84.4 Å². The molecule has 0 aliphatic heterocycles. The molecule has 1 aromatic heterocycles. The number of rotatable bonds is 12. The molecular formula is C31H35N3O3. The summed E-state index contributed by atoms with van der Waals surface area (Å²) in [5.41, 5.74) is 4.05. The Labute approximate surface area is 219 Å². The van der Waals surface area contributed by atoms with Crippen molar-refractivity contribution in [2.45, 2.75) is 38.8 Å². The van der Waals surface area contributed by atoms with E-state index in [9.17, 15) is 5.11 Å². The summed E-state index contributed by atoms with van der Waals surface area (Å²) in [4.78, 5) is 2.37. The molecule has 192 valence electrons. The van der Waals surface area contributed by atoms with E-state index in [1.165, 1.54) is 12.8 Å². The first-order valence-electron chi connectivity index (χ1n) is 13.0. The van der Waals surface area contributed by atoms with E-state index in [4.69, 9.17) is 14.6 Å². The maximum absolute atomic E-state index is 11.0. The molecule has 1 fully saturated rings. The highest BCUT2D eigenvalue weighted by molar-refractivity contribution is 5.44. The maximum atomic E-state index is 11.0. The van der Waals surface area contributed by atoms with Crippen LogP contribution in [0.3, 0.4) is 0 Å². The summed E-state index contributed by atoms with van der Waals surface area (Å²) in [6, 6.07) is 27.9. The summed E-state index contributed by atoms with van der Waals surface area (Å²) in [6.07, 6.45) is 2.70. The number of hydrogen-bond donors (Lipinski definition) is 1. The lowest BCUT2D eigenvalue weighted by Crippen LogP contribution is -2.35. The van der Waals surface area contributed by atoms with Crippen LogP contribution in [0.5, 0.6) is 17.4 Å². The van der Waals surface area contributed by atoms with Gasteiger partial charge < -0.3 is 14.6 Å². The standard InChI is InChI=1S/C31H35N3O3/c1-23-30(22-33(20-25-13-14-25)21-27(35)19-24-9-5-3-6-10-24)31(34(32-23)26-11-7-4-8-12-26)37-29-17-15-28(36-2)16-18-29/h3-12,15-18,25,27,35H,13-14,19-22H2,1-2H3/t27-/m1/s1. The molecule has 37 heavy (non-hydrogen) atoms. The molecule has 0 unspecified atom stereocenters. The van der Waals surface area contributed by atoms with Gasteiger partial charge in [0.15, 0.2) is 0 Å². The Morgan fingerprint density at radius 3 is 2.24 bits per heavy atom. The van der Waals surface area contributed by atoms with E-state index in [-0.39, 0.29) is 0 Å². The molecule has 1 saturated carbocycles. The van der Waals surface area contributed by atoms with Gasteiger partial charge in [-0.15, -0.1) is 0 Å². The van der Waals surface area contributed by atoms with Crippen LogP contribution in [0.15, 0.2) is 84.9 Å². The average molecular weight is 498 g/mol. The lowest BCUT2D eigenvalue weighted by atomic mass is 10.1. The smallest absolute Gasteiger partial charge is 0.227 e. The SMILES string of the molecule is COc1ccc(Oc2c(CN(CC3CC3)C[C@H](O)Cc3ccccc3)c(C)nn2-c2ccccc2)cc1. The minimum atomic E-state index is -0.448. The summed E-state index contributed by atoms with van der Waals surface area (Å²) in [5, 5.41) is 15.9. The van der Waals surface area contributed by atoms with Crippen molar-refractivity contribution >= 4 is 0 Å². The zero-order valence-corrected chi connectivity index (χ0v) is 21.6. The number of nitrogens with zero attached hydrogens (tertiary/aromatic N) is 3. The van der Waals surface area contributed by atoms with E-state index < -0.39 is 6.10 Å². The first-order chi connectivity index (χ1) is 18.1. The van der Waals surface area contributed by atoms with Gasteiger partial charge in [-0.3, -0.25) is 4.90 Å². The quantitative estimate of drug-likeness (QED) is 0.268. The zero-order chi connectivity index (χ0) is 25.6. The first-order valence-corrected chi connectivity index (χ1v) is 13.0. The van der Waals surface area contributed by atoms with Crippen molar-refractivity contribution in [3.63, 3.8) is 0 Å². The van der Waals surface area contributed by atoms with E-state index in [2.05, 4.69) is 17.0 Å². The molecule has 1 N–H and O–H groups in total. The summed E-state index contributed by atoms with van der Waals surface area (Å²) in [6.45, 7) is 4.25. The van der Waals surface area contributed by atoms with Crippen molar-refractivity contribution in [1.82, 2.24) is 14.7 Å². The number of benzene rings is 3. The number of aromatic nitrogens is 2. The van der Waals surface area contributed by atoms with Crippen molar-refractivity contribution in [3.05, 3.63) is 102 Å². The number of hydrogen-bond acceptors (Lipinski definition) is 5. The second kappa shape index (κ2) is 11.6. The molecule has 0 radical (unpaired) electrons. The van der Waals surface area contributed by atoms with Crippen molar-refractivity contribution < 1.29 is 14.6 Å². The van der Waals surface area contributed by atoms with Crippen molar-refractivity contribution in [1.29, 1.82) is 0 Å². The molecule has 3 aromatic carbocycles. The lowest BCUT2D eigenvalue weighted by molar-refractivity contribution is 0.105. The largest absolute Gasteiger partial charge is 0.497 e. The predicted octanol–water partition coefficient (Wildman–Crippen LogP) is 5.80. The number of aliphatic hydroxyl groups excluding tert-OH is 1. The van der Waals surface area contributed by atoms with Crippen LogP contribution in [0.25, 0.3) is 5.69 Å². The summed E-state index contributed by atoms with van der Waals surface area (Å²) in [5.74, 6) is 2.90. The second-order valence-electron chi connectivity index (χ2n) is 9.88. The Morgan fingerprint density at radius 1 is 0.946 bits per heavy atom. The van der Waals surface area contributed by atoms with E-state index in [1.54, 1.807) is 7.11 Å². The Morgan fingerprint density at radius 2 is 1.59 bits per heavy atom. The normalized spacial score (nSPS) is 14.1. The third kappa shape index (κ3) is 6.59. The van der Waals surface area contributed by atoms with E-state index >= 15 is 0 Å². The van der Waals surface area contributed by atoms with Gasteiger partial charge in [-0.25, -0.2) is 4.68 Å². The van der Waals surface area contributed by atoms with Crippen LogP contribution in [-0.2, 0) is 13.0 Å². The molecule has 0 bridgehead atoms. The molecule has 0 amide bonds. The molecule has 0 saturated heterocycles. The maximum Gasteiger partial charge on any atom is 0.227 e. The fourth-order valence-corrected chi connectivity index (χ4v) is 4.67. The van der Waals surface area contributed by atoms with Crippen molar-refractivity contribution in [2.75, 3.05) is 20.2 Å². The Bertz CT molecular complexity index is 1270. The number of aliphatic hydroxyl groups is 1. The summed E-state index contributed by atoms with van der Waals surface area (Å²) in [7, 11) is 1.66. The molecule has 6 heteroatoms. The predicted molar refractivity (Wildman–Crippen MR) is 146 cm³/mol. The molecule has 1 heterocycles. The molecular weight excluding hydrogens is 462 g/mol. The van der Waals surface area contributed by atoms with Gasteiger partial charge in [-0.05, 0) is 74.1 Å². The van der Waals surface area contributed by atoms with Gasteiger partial charge >= 0.3 is 0 Å². The number of ether oxygens (including phenoxy) is 2. The van der Waals surface area contributed by atoms with Crippen molar-refractivity contribution in [2.24, 2.45) is 5.92 Å². The molecule has 5 rings (SSSR count). The molecule has 4 aromatic rings. The molecule has 1 aliphatic carbocycles. The number of methoxy groups -OCH3 is 1. The van der Waals surface area contributed by atoms with Gasteiger partial charge in [0.1, 0.15) is 11.5 Å². The van der Waals surface area contributed by atoms with Crippen molar-refractivity contribution in [3.8, 4) is 23.1 Å². The van der Waals surface area contributed by atoms with Gasteiger partial charge in [0, 0.05) is 19.6 Å². The first kappa shape index (κ1) is 25.1. The molecule has 6 nitrogen and oxygen atoms in total. The highest BCUT2D eigenvalue weighted by Crippen LogP contribution is 2.34. The summed E-state index contributed by atoms with van der Waals surface area (Å²) < 4.78 is 13.7. The third-order valence-electron chi connectivity index (χ3n) is 6.79. The van der Waals surface area contributed by atoms with Crippen LogP contribution < -0.4 is 9.47 Å². The van der Waals surface area contributed by atoms with Crippen LogP contribution in [0.4, 0.5) is 0 Å². The Hall–Kier alpha value is -3.61. The Kier molecular flexibility index (Phi) is 7.87. The van der Waals surface area contributed by atoms with Crippen LogP contribution in [-0.4, -0.2) is 46.1 Å². The number of aryl methyl sites for hydroxylation is 1. The molecule has 1 atom stereocenters. The highest BCUT2D eigenvalue weighted by Gasteiger charge is 2.28. The topological polar surface area (TPSA) is 59.8 Å².